The lowest BCUT2D eigenvalue weighted by molar-refractivity contribution is -0.149. The van der Waals surface area contributed by atoms with Gasteiger partial charge in [-0.05, 0) is 42.5 Å². The molecule has 0 heterocycles. The number of rotatable bonds is 9. The van der Waals surface area contributed by atoms with Gasteiger partial charge in [0.15, 0.2) is 24.8 Å². The Balaban J connectivity index is 1.93. The fraction of sp³-hybridized carbons (Fsp3) is 0.211. The van der Waals surface area contributed by atoms with E-state index in [1.807, 2.05) is 0 Å². The number of esters is 1. The highest BCUT2D eigenvalue weighted by atomic mass is 79.9. The van der Waals surface area contributed by atoms with Crippen LogP contribution in [0.1, 0.15) is 6.42 Å². The third kappa shape index (κ3) is 7.15. The minimum Gasteiger partial charge on any atom is -0.479 e. The predicted molar refractivity (Wildman–Crippen MR) is 103 cm³/mol. The zero-order chi connectivity index (χ0) is 21.4. The molecular formula is C19H17BrF2N2O5. The molecule has 0 bridgehead atoms. The van der Waals surface area contributed by atoms with Crippen LogP contribution in [0.15, 0.2) is 46.9 Å². The van der Waals surface area contributed by atoms with Crippen molar-refractivity contribution in [2.75, 3.05) is 24.7 Å². The monoisotopic (exact) mass is 470 g/mol. The second-order valence-electron chi connectivity index (χ2n) is 5.76. The Labute approximate surface area is 173 Å². The standard InChI is InChI=1S/C19H17BrF2N2O5/c20-12-1-6-16(15(22)9-12)28-11-19(27)29-10-18(26)24(8-7-17(23)25)14-4-2-13(21)3-5-14/h1-6,9H,7-8,10-11H2,(H2,23,25). The highest BCUT2D eigenvalue weighted by Gasteiger charge is 2.19. The van der Waals surface area contributed by atoms with Crippen LogP contribution >= 0.6 is 15.9 Å². The van der Waals surface area contributed by atoms with Crippen molar-refractivity contribution in [1.82, 2.24) is 0 Å². The number of nitrogens with zero attached hydrogens (tertiary/aromatic N) is 1. The van der Waals surface area contributed by atoms with Crippen LogP contribution in [0.3, 0.4) is 0 Å². The van der Waals surface area contributed by atoms with Crippen molar-refractivity contribution in [3.63, 3.8) is 0 Å². The maximum Gasteiger partial charge on any atom is 0.344 e. The molecule has 2 N–H and O–H groups in total. The van der Waals surface area contributed by atoms with E-state index in [2.05, 4.69) is 15.9 Å². The SMILES string of the molecule is NC(=O)CCN(C(=O)COC(=O)COc1ccc(Br)cc1F)c1ccc(F)cc1. The van der Waals surface area contributed by atoms with Gasteiger partial charge in [0.1, 0.15) is 5.82 Å². The van der Waals surface area contributed by atoms with E-state index in [-0.39, 0.29) is 18.7 Å². The number of amides is 2. The quantitative estimate of drug-likeness (QED) is 0.567. The van der Waals surface area contributed by atoms with Crippen molar-refractivity contribution in [3.8, 4) is 5.75 Å². The number of ether oxygens (including phenoxy) is 2. The minimum absolute atomic E-state index is 0.0715. The molecule has 7 nitrogen and oxygen atoms in total. The summed E-state index contributed by atoms with van der Waals surface area (Å²) in [4.78, 5) is 36.4. The molecule has 2 rings (SSSR count). The first-order valence-corrected chi connectivity index (χ1v) is 9.13. The van der Waals surface area contributed by atoms with Gasteiger partial charge in [0, 0.05) is 23.1 Å². The van der Waals surface area contributed by atoms with Crippen molar-refractivity contribution >= 4 is 39.4 Å². The summed E-state index contributed by atoms with van der Waals surface area (Å²) in [5.74, 6) is -3.50. The van der Waals surface area contributed by atoms with Gasteiger partial charge >= 0.3 is 5.97 Å². The Morgan fingerprint density at radius 2 is 1.72 bits per heavy atom. The van der Waals surface area contributed by atoms with E-state index < -0.39 is 42.6 Å². The van der Waals surface area contributed by atoms with E-state index >= 15 is 0 Å². The van der Waals surface area contributed by atoms with Gasteiger partial charge in [-0.3, -0.25) is 9.59 Å². The normalized spacial score (nSPS) is 10.3. The zero-order valence-corrected chi connectivity index (χ0v) is 16.7. The topological polar surface area (TPSA) is 98.9 Å². The summed E-state index contributed by atoms with van der Waals surface area (Å²) < 4.78 is 37.1. The summed E-state index contributed by atoms with van der Waals surface area (Å²) >= 11 is 3.10. The summed E-state index contributed by atoms with van der Waals surface area (Å²) in [6.07, 6.45) is -0.136. The maximum atomic E-state index is 13.7. The molecule has 0 saturated carbocycles. The Morgan fingerprint density at radius 3 is 2.34 bits per heavy atom. The molecule has 10 heteroatoms. The lowest BCUT2D eigenvalue weighted by atomic mass is 10.2. The molecule has 0 fully saturated rings. The second kappa shape index (κ2) is 10.5. The van der Waals surface area contributed by atoms with Crippen molar-refractivity contribution in [3.05, 3.63) is 58.6 Å². The number of hydrogen-bond donors (Lipinski definition) is 1. The van der Waals surface area contributed by atoms with Crippen molar-refractivity contribution in [2.45, 2.75) is 6.42 Å². The third-order valence-corrected chi connectivity index (χ3v) is 4.11. The van der Waals surface area contributed by atoms with Crippen molar-refractivity contribution < 1.29 is 32.6 Å². The van der Waals surface area contributed by atoms with Crippen LogP contribution < -0.4 is 15.4 Å². The third-order valence-electron chi connectivity index (χ3n) is 3.62. The molecule has 2 amide bonds. The Hall–Kier alpha value is -3.01. The van der Waals surface area contributed by atoms with Crippen LogP contribution in [0.4, 0.5) is 14.5 Å². The molecule has 0 aromatic heterocycles. The molecule has 154 valence electrons. The average molecular weight is 471 g/mol. The molecule has 0 radical (unpaired) electrons. The molecule has 0 aliphatic heterocycles. The molecule has 0 spiro atoms. The van der Waals surface area contributed by atoms with Crippen LogP contribution in [-0.4, -0.2) is 37.5 Å². The Kier molecular flexibility index (Phi) is 8.08. The summed E-state index contributed by atoms with van der Waals surface area (Å²) in [6.45, 7) is -1.33. The first-order chi connectivity index (χ1) is 13.8. The number of primary amides is 1. The lowest BCUT2D eigenvalue weighted by Gasteiger charge is -2.22. The van der Waals surface area contributed by atoms with Gasteiger partial charge < -0.3 is 20.1 Å². The van der Waals surface area contributed by atoms with Crippen molar-refractivity contribution in [1.29, 1.82) is 0 Å². The van der Waals surface area contributed by atoms with Gasteiger partial charge in [-0.1, -0.05) is 15.9 Å². The molecule has 0 atom stereocenters. The molecule has 29 heavy (non-hydrogen) atoms. The van der Waals surface area contributed by atoms with Gasteiger partial charge in [-0.2, -0.15) is 0 Å². The largest absolute Gasteiger partial charge is 0.479 e. The molecule has 0 aliphatic rings. The smallest absolute Gasteiger partial charge is 0.344 e. The Morgan fingerprint density at radius 1 is 1.03 bits per heavy atom. The highest BCUT2D eigenvalue weighted by molar-refractivity contribution is 9.10. The van der Waals surface area contributed by atoms with Crippen molar-refractivity contribution in [2.24, 2.45) is 5.73 Å². The van der Waals surface area contributed by atoms with E-state index in [4.69, 9.17) is 15.2 Å². The maximum absolute atomic E-state index is 13.7. The number of anilines is 1. The van der Waals surface area contributed by atoms with E-state index in [0.717, 1.165) is 17.0 Å². The van der Waals surface area contributed by atoms with Gasteiger partial charge in [0.2, 0.25) is 5.91 Å². The fourth-order valence-corrected chi connectivity index (χ4v) is 2.56. The fourth-order valence-electron chi connectivity index (χ4n) is 2.23. The second-order valence-corrected chi connectivity index (χ2v) is 6.68. The summed E-state index contributed by atoms with van der Waals surface area (Å²) in [5, 5.41) is 0. The van der Waals surface area contributed by atoms with E-state index in [9.17, 15) is 23.2 Å². The van der Waals surface area contributed by atoms with Crippen LogP contribution in [0.25, 0.3) is 0 Å². The van der Waals surface area contributed by atoms with Crippen LogP contribution in [0.2, 0.25) is 0 Å². The number of carbonyl (C=O) groups excluding carboxylic acids is 3. The lowest BCUT2D eigenvalue weighted by Crippen LogP contribution is -2.37. The number of hydrogen-bond acceptors (Lipinski definition) is 5. The van der Waals surface area contributed by atoms with Crippen LogP contribution in [-0.2, 0) is 19.1 Å². The Bertz CT molecular complexity index is 893. The highest BCUT2D eigenvalue weighted by Crippen LogP contribution is 2.21. The van der Waals surface area contributed by atoms with Crippen LogP contribution in [0, 0.1) is 11.6 Å². The molecule has 0 aliphatic carbocycles. The van der Waals surface area contributed by atoms with Gasteiger partial charge in [0.25, 0.3) is 5.91 Å². The first kappa shape index (κ1) is 22.3. The number of halogens is 3. The summed E-state index contributed by atoms with van der Waals surface area (Å²) in [5.41, 5.74) is 5.42. The van der Waals surface area contributed by atoms with Gasteiger partial charge in [-0.25, -0.2) is 13.6 Å². The molecular weight excluding hydrogens is 454 g/mol. The molecule has 0 unspecified atom stereocenters. The minimum atomic E-state index is -0.894. The number of benzene rings is 2. The van der Waals surface area contributed by atoms with Gasteiger partial charge in [0.05, 0.1) is 0 Å². The molecule has 2 aromatic rings. The predicted octanol–water partition coefficient (Wildman–Crippen LogP) is 2.56. The number of carbonyl (C=O) groups is 3. The summed E-state index contributed by atoms with van der Waals surface area (Å²) in [7, 11) is 0. The molecule has 2 aromatic carbocycles. The summed E-state index contributed by atoms with van der Waals surface area (Å²) in [6, 6.07) is 9.01. The zero-order valence-electron chi connectivity index (χ0n) is 15.1. The molecule has 0 saturated heterocycles. The van der Waals surface area contributed by atoms with E-state index in [1.54, 1.807) is 0 Å². The average Bonchev–Trinajstić information content (AvgIpc) is 2.67. The number of nitrogens with two attached hydrogens (primary N) is 1. The van der Waals surface area contributed by atoms with E-state index in [0.29, 0.717) is 10.2 Å². The van der Waals surface area contributed by atoms with Gasteiger partial charge in [-0.15, -0.1) is 0 Å². The van der Waals surface area contributed by atoms with Crippen LogP contribution in [0.5, 0.6) is 5.75 Å². The first-order valence-electron chi connectivity index (χ1n) is 8.34. The van der Waals surface area contributed by atoms with E-state index in [1.165, 1.54) is 30.3 Å².